The van der Waals surface area contributed by atoms with Crippen molar-refractivity contribution in [3.05, 3.63) is 35.4 Å². The summed E-state index contributed by atoms with van der Waals surface area (Å²) in [5.74, 6) is -1.90. The SMILES string of the molecule is Cc1ccc(C2CC2N(CC2CCN(C(=O)OC(C)(C)C)CC2)C(=O)C(F)(F)F)cc1. The minimum Gasteiger partial charge on any atom is -0.444 e. The number of piperidine rings is 1. The van der Waals surface area contributed by atoms with Crippen LogP contribution in [0.15, 0.2) is 24.3 Å². The maximum atomic E-state index is 13.3. The summed E-state index contributed by atoms with van der Waals surface area (Å²) in [5.41, 5.74) is 1.46. The standard InChI is InChI=1S/C23H31F3N2O3/c1-15-5-7-17(8-6-15)18-13-19(18)28(20(29)23(24,25)26)14-16-9-11-27(12-10-16)21(30)31-22(2,3)4/h5-8,16,18-19H,9-14H2,1-4H3. The van der Waals surface area contributed by atoms with Crippen LogP contribution in [0.3, 0.4) is 0 Å². The van der Waals surface area contributed by atoms with Gasteiger partial charge in [-0.2, -0.15) is 13.2 Å². The highest BCUT2D eigenvalue weighted by atomic mass is 19.4. The number of alkyl halides is 3. The highest BCUT2D eigenvalue weighted by Gasteiger charge is 2.52. The zero-order valence-electron chi connectivity index (χ0n) is 18.5. The number of amides is 2. The molecule has 0 bridgehead atoms. The van der Waals surface area contributed by atoms with Gasteiger partial charge in [-0.3, -0.25) is 4.79 Å². The molecule has 172 valence electrons. The van der Waals surface area contributed by atoms with Gasteiger partial charge in [0.1, 0.15) is 5.60 Å². The minimum absolute atomic E-state index is 0.0613. The zero-order valence-corrected chi connectivity index (χ0v) is 18.5. The molecule has 2 unspecified atom stereocenters. The van der Waals surface area contributed by atoms with E-state index in [0.29, 0.717) is 32.4 Å². The van der Waals surface area contributed by atoms with Gasteiger partial charge in [0.05, 0.1) is 0 Å². The molecule has 0 N–H and O–H groups in total. The van der Waals surface area contributed by atoms with Crippen molar-refractivity contribution >= 4 is 12.0 Å². The third-order valence-corrected chi connectivity index (χ3v) is 5.89. The first-order chi connectivity index (χ1) is 14.3. The number of aryl methyl sites for hydroxylation is 1. The van der Waals surface area contributed by atoms with Gasteiger partial charge < -0.3 is 14.5 Å². The second kappa shape index (κ2) is 8.71. The van der Waals surface area contributed by atoms with Crippen molar-refractivity contribution in [3.63, 3.8) is 0 Å². The molecule has 2 atom stereocenters. The van der Waals surface area contributed by atoms with Crippen LogP contribution in [0.1, 0.15) is 57.1 Å². The van der Waals surface area contributed by atoms with Gasteiger partial charge in [-0.1, -0.05) is 29.8 Å². The van der Waals surface area contributed by atoms with Crippen LogP contribution in [0, 0.1) is 12.8 Å². The van der Waals surface area contributed by atoms with Crippen molar-refractivity contribution in [2.24, 2.45) is 5.92 Å². The lowest BCUT2D eigenvalue weighted by molar-refractivity contribution is -0.187. The van der Waals surface area contributed by atoms with E-state index in [1.54, 1.807) is 25.7 Å². The largest absolute Gasteiger partial charge is 0.471 e. The Labute approximate surface area is 181 Å². The number of halogens is 3. The Morgan fingerprint density at radius 3 is 2.19 bits per heavy atom. The molecule has 1 heterocycles. The molecule has 2 amide bonds. The third kappa shape index (κ3) is 6.14. The number of ether oxygens (including phenoxy) is 1. The lowest BCUT2D eigenvalue weighted by Gasteiger charge is -2.36. The van der Waals surface area contributed by atoms with Crippen molar-refractivity contribution in [2.45, 2.75) is 70.7 Å². The molecule has 1 aliphatic heterocycles. The van der Waals surface area contributed by atoms with E-state index < -0.39 is 29.8 Å². The number of likely N-dealkylation sites (tertiary alicyclic amines) is 1. The lowest BCUT2D eigenvalue weighted by atomic mass is 9.96. The second-order valence-corrected chi connectivity index (χ2v) is 9.69. The Balaban J connectivity index is 1.62. The van der Waals surface area contributed by atoms with E-state index in [1.807, 2.05) is 31.2 Å². The van der Waals surface area contributed by atoms with Crippen LogP contribution in [0.5, 0.6) is 0 Å². The van der Waals surface area contributed by atoms with Crippen molar-refractivity contribution in [3.8, 4) is 0 Å². The quantitative estimate of drug-likeness (QED) is 0.670. The Hall–Kier alpha value is -2.25. The molecule has 1 aromatic carbocycles. The summed E-state index contributed by atoms with van der Waals surface area (Å²) in [7, 11) is 0. The van der Waals surface area contributed by atoms with Crippen LogP contribution in [-0.2, 0) is 9.53 Å². The van der Waals surface area contributed by atoms with Gasteiger partial charge >= 0.3 is 18.2 Å². The molecule has 1 aliphatic carbocycles. The summed E-state index contributed by atoms with van der Waals surface area (Å²) in [6.07, 6.45) is -3.67. The molecule has 0 radical (unpaired) electrons. The van der Waals surface area contributed by atoms with Crippen molar-refractivity contribution < 1.29 is 27.5 Å². The molecule has 5 nitrogen and oxygen atoms in total. The Bertz CT molecular complexity index is 794. The Kier molecular flexibility index (Phi) is 6.58. The Morgan fingerprint density at radius 1 is 1.10 bits per heavy atom. The highest BCUT2D eigenvalue weighted by Crippen LogP contribution is 2.46. The van der Waals surface area contributed by atoms with E-state index >= 15 is 0 Å². The number of benzene rings is 1. The predicted octanol–water partition coefficient (Wildman–Crippen LogP) is 4.89. The van der Waals surface area contributed by atoms with E-state index in [2.05, 4.69) is 0 Å². The number of nitrogens with zero attached hydrogens (tertiary/aromatic N) is 2. The topological polar surface area (TPSA) is 49.9 Å². The zero-order chi connectivity index (χ0) is 23.0. The third-order valence-electron chi connectivity index (χ3n) is 5.89. The fourth-order valence-corrected chi connectivity index (χ4v) is 4.13. The summed E-state index contributed by atoms with van der Waals surface area (Å²) in [4.78, 5) is 27.0. The van der Waals surface area contributed by atoms with E-state index in [0.717, 1.165) is 16.0 Å². The molecular formula is C23H31F3N2O3. The van der Waals surface area contributed by atoms with E-state index in [-0.39, 0.29) is 18.4 Å². The van der Waals surface area contributed by atoms with Gasteiger partial charge in [0, 0.05) is 31.6 Å². The molecule has 1 saturated heterocycles. The number of carbonyl (C=O) groups excluding carboxylic acids is 2. The number of rotatable bonds is 4. The van der Waals surface area contributed by atoms with Crippen LogP contribution >= 0.6 is 0 Å². The van der Waals surface area contributed by atoms with Crippen LogP contribution in [-0.4, -0.2) is 59.3 Å². The minimum atomic E-state index is -4.89. The van der Waals surface area contributed by atoms with Gasteiger partial charge in [0.15, 0.2) is 0 Å². The molecule has 1 saturated carbocycles. The highest BCUT2D eigenvalue weighted by molar-refractivity contribution is 5.82. The van der Waals surface area contributed by atoms with E-state index in [9.17, 15) is 22.8 Å². The van der Waals surface area contributed by atoms with E-state index in [1.165, 1.54) is 0 Å². The lowest BCUT2D eigenvalue weighted by Crippen LogP contribution is -2.48. The van der Waals surface area contributed by atoms with Crippen LogP contribution in [0.4, 0.5) is 18.0 Å². The van der Waals surface area contributed by atoms with Gasteiger partial charge in [-0.05, 0) is 58.4 Å². The predicted molar refractivity (Wildman–Crippen MR) is 111 cm³/mol. The maximum absolute atomic E-state index is 13.3. The van der Waals surface area contributed by atoms with Gasteiger partial charge in [-0.15, -0.1) is 0 Å². The van der Waals surface area contributed by atoms with Crippen molar-refractivity contribution in [2.75, 3.05) is 19.6 Å². The smallest absolute Gasteiger partial charge is 0.444 e. The summed E-state index contributed by atoms with van der Waals surface area (Å²) < 4.78 is 45.2. The Morgan fingerprint density at radius 2 is 1.68 bits per heavy atom. The fourth-order valence-electron chi connectivity index (χ4n) is 4.13. The normalized spacial score (nSPS) is 22.2. The first-order valence-corrected chi connectivity index (χ1v) is 10.8. The number of hydrogen-bond donors (Lipinski definition) is 0. The first-order valence-electron chi connectivity index (χ1n) is 10.8. The molecule has 31 heavy (non-hydrogen) atoms. The van der Waals surface area contributed by atoms with Crippen LogP contribution < -0.4 is 0 Å². The van der Waals surface area contributed by atoms with E-state index in [4.69, 9.17) is 4.74 Å². The van der Waals surface area contributed by atoms with Gasteiger partial charge in [0.2, 0.25) is 0 Å². The average Bonchev–Trinajstić information content (AvgIpc) is 3.45. The summed E-state index contributed by atoms with van der Waals surface area (Å²) in [6.45, 7) is 8.22. The molecule has 2 fully saturated rings. The molecular weight excluding hydrogens is 409 g/mol. The summed E-state index contributed by atoms with van der Waals surface area (Å²) in [6, 6.07) is 7.30. The van der Waals surface area contributed by atoms with Crippen LogP contribution in [0.25, 0.3) is 0 Å². The molecule has 2 aliphatic rings. The van der Waals surface area contributed by atoms with Gasteiger partial charge in [-0.25, -0.2) is 4.79 Å². The molecule has 0 spiro atoms. The van der Waals surface area contributed by atoms with Crippen molar-refractivity contribution in [1.29, 1.82) is 0 Å². The monoisotopic (exact) mass is 440 g/mol. The summed E-state index contributed by atoms with van der Waals surface area (Å²) >= 11 is 0. The molecule has 8 heteroatoms. The average molecular weight is 441 g/mol. The molecule has 0 aromatic heterocycles. The molecule has 3 rings (SSSR count). The fraction of sp³-hybridized carbons (Fsp3) is 0.652. The first kappa shape index (κ1) is 23.4. The molecule has 1 aromatic rings. The van der Waals surface area contributed by atoms with Crippen LogP contribution in [0.2, 0.25) is 0 Å². The second-order valence-electron chi connectivity index (χ2n) is 9.69. The summed E-state index contributed by atoms with van der Waals surface area (Å²) in [5, 5.41) is 0. The van der Waals surface area contributed by atoms with Gasteiger partial charge in [0.25, 0.3) is 0 Å². The number of hydrogen-bond acceptors (Lipinski definition) is 3. The maximum Gasteiger partial charge on any atom is 0.471 e. The van der Waals surface area contributed by atoms with Crippen molar-refractivity contribution in [1.82, 2.24) is 9.80 Å². The number of carbonyl (C=O) groups is 2.